The Bertz CT molecular complexity index is 654. The first kappa shape index (κ1) is 12.4. The smallest absolute Gasteiger partial charge is 0.274 e. The molecule has 1 fully saturated rings. The predicted octanol–water partition coefficient (Wildman–Crippen LogP) is 1.97. The van der Waals surface area contributed by atoms with Gasteiger partial charge in [-0.2, -0.15) is 5.10 Å². The standard InChI is InChI=1S/C15H19N3O/c1-11-13-5-3-4-6-14(13)15(19)18(16-11)12-7-9-17(2)10-8-12/h3-6,12H,7-10H2,1-2H3. The van der Waals surface area contributed by atoms with Crippen LogP contribution in [0.15, 0.2) is 29.1 Å². The molecule has 0 bridgehead atoms. The van der Waals surface area contributed by atoms with Gasteiger partial charge in [-0.3, -0.25) is 4.79 Å². The lowest BCUT2D eigenvalue weighted by Crippen LogP contribution is -2.36. The number of fused-ring (bicyclic) bond motifs is 1. The second-order valence-electron chi connectivity index (χ2n) is 5.42. The molecule has 2 aromatic rings. The second kappa shape index (κ2) is 4.78. The lowest BCUT2D eigenvalue weighted by Gasteiger charge is -2.29. The number of aromatic nitrogens is 2. The number of hydrogen-bond acceptors (Lipinski definition) is 3. The van der Waals surface area contributed by atoms with Gasteiger partial charge >= 0.3 is 0 Å². The molecule has 19 heavy (non-hydrogen) atoms. The zero-order chi connectivity index (χ0) is 13.4. The number of benzene rings is 1. The van der Waals surface area contributed by atoms with E-state index in [0.29, 0.717) is 0 Å². The summed E-state index contributed by atoms with van der Waals surface area (Å²) in [6.45, 7) is 4.04. The molecule has 1 saturated heterocycles. The van der Waals surface area contributed by atoms with Gasteiger partial charge in [-0.25, -0.2) is 4.68 Å². The fourth-order valence-electron chi connectivity index (χ4n) is 2.86. The van der Waals surface area contributed by atoms with E-state index in [1.807, 2.05) is 31.2 Å². The second-order valence-corrected chi connectivity index (χ2v) is 5.42. The average Bonchev–Trinajstić information content (AvgIpc) is 2.44. The Morgan fingerprint density at radius 2 is 1.79 bits per heavy atom. The van der Waals surface area contributed by atoms with E-state index in [0.717, 1.165) is 42.4 Å². The third-order valence-electron chi connectivity index (χ3n) is 4.05. The predicted molar refractivity (Wildman–Crippen MR) is 76.5 cm³/mol. The first-order chi connectivity index (χ1) is 9.16. The Balaban J connectivity index is 2.10. The Morgan fingerprint density at radius 1 is 1.16 bits per heavy atom. The van der Waals surface area contributed by atoms with Crippen molar-refractivity contribution in [2.24, 2.45) is 0 Å². The molecule has 0 atom stereocenters. The molecule has 1 aromatic heterocycles. The minimum atomic E-state index is 0.0516. The number of rotatable bonds is 1. The van der Waals surface area contributed by atoms with Crippen LogP contribution in [0.4, 0.5) is 0 Å². The highest BCUT2D eigenvalue weighted by Gasteiger charge is 2.21. The van der Waals surface area contributed by atoms with Crippen LogP contribution in [-0.4, -0.2) is 34.8 Å². The van der Waals surface area contributed by atoms with Crippen LogP contribution < -0.4 is 5.56 Å². The molecule has 0 aliphatic carbocycles. The molecule has 0 saturated carbocycles. The first-order valence-electron chi connectivity index (χ1n) is 6.83. The minimum Gasteiger partial charge on any atom is -0.306 e. The molecular weight excluding hydrogens is 238 g/mol. The SMILES string of the molecule is Cc1nn(C2CCN(C)CC2)c(=O)c2ccccc12. The van der Waals surface area contributed by atoms with Crippen molar-refractivity contribution in [3.63, 3.8) is 0 Å². The highest BCUT2D eigenvalue weighted by atomic mass is 16.1. The maximum atomic E-state index is 12.5. The number of nitrogens with zero attached hydrogens (tertiary/aromatic N) is 3. The van der Waals surface area contributed by atoms with Gasteiger partial charge in [-0.15, -0.1) is 0 Å². The molecule has 0 radical (unpaired) electrons. The molecule has 1 aromatic carbocycles. The van der Waals surface area contributed by atoms with E-state index in [9.17, 15) is 4.79 Å². The van der Waals surface area contributed by atoms with E-state index in [1.165, 1.54) is 0 Å². The maximum absolute atomic E-state index is 12.5. The van der Waals surface area contributed by atoms with Crippen molar-refractivity contribution >= 4 is 10.8 Å². The van der Waals surface area contributed by atoms with Gasteiger partial charge in [0.05, 0.1) is 17.1 Å². The van der Waals surface area contributed by atoms with Crippen molar-refractivity contribution in [1.29, 1.82) is 0 Å². The van der Waals surface area contributed by atoms with Crippen LogP contribution in [0.3, 0.4) is 0 Å². The van der Waals surface area contributed by atoms with E-state index in [2.05, 4.69) is 17.0 Å². The molecule has 4 heteroatoms. The van der Waals surface area contributed by atoms with Gasteiger partial charge in [-0.1, -0.05) is 18.2 Å². The highest BCUT2D eigenvalue weighted by Crippen LogP contribution is 2.21. The molecule has 0 N–H and O–H groups in total. The van der Waals surface area contributed by atoms with E-state index in [-0.39, 0.29) is 11.6 Å². The van der Waals surface area contributed by atoms with Gasteiger partial charge in [0.2, 0.25) is 0 Å². The fraction of sp³-hybridized carbons (Fsp3) is 0.467. The van der Waals surface area contributed by atoms with Crippen LogP contribution in [0, 0.1) is 6.92 Å². The van der Waals surface area contributed by atoms with Gasteiger partial charge in [0.1, 0.15) is 0 Å². The Labute approximate surface area is 112 Å². The summed E-state index contributed by atoms with van der Waals surface area (Å²) in [6.07, 6.45) is 2.00. The first-order valence-corrected chi connectivity index (χ1v) is 6.83. The zero-order valence-electron chi connectivity index (χ0n) is 11.5. The third kappa shape index (κ3) is 2.16. The van der Waals surface area contributed by atoms with Crippen LogP contribution in [-0.2, 0) is 0 Å². The molecule has 1 aliphatic heterocycles. The largest absolute Gasteiger partial charge is 0.306 e. The molecular formula is C15H19N3O. The quantitative estimate of drug-likeness (QED) is 0.784. The van der Waals surface area contributed by atoms with Crippen molar-refractivity contribution in [3.8, 4) is 0 Å². The molecule has 100 valence electrons. The Morgan fingerprint density at radius 3 is 2.47 bits per heavy atom. The monoisotopic (exact) mass is 257 g/mol. The van der Waals surface area contributed by atoms with Gasteiger partial charge in [0, 0.05) is 5.39 Å². The van der Waals surface area contributed by atoms with E-state index < -0.39 is 0 Å². The van der Waals surface area contributed by atoms with Crippen LogP contribution in [0.25, 0.3) is 10.8 Å². The molecule has 4 nitrogen and oxygen atoms in total. The van der Waals surface area contributed by atoms with Gasteiger partial charge in [0.25, 0.3) is 5.56 Å². The summed E-state index contributed by atoms with van der Waals surface area (Å²) in [5.41, 5.74) is 0.991. The van der Waals surface area contributed by atoms with Gasteiger partial charge < -0.3 is 4.90 Å². The van der Waals surface area contributed by atoms with E-state index in [4.69, 9.17) is 0 Å². The van der Waals surface area contributed by atoms with Crippen molar-refractivity contribution in [2.75, 3.05) is 20.1 Å². The summed E-state index contributed by atoms with van der Waals surface area (Å²) in [5, 5.41) is 6.29. The fourth-order valence-corrected chi connectivity index (χ4v) is 2.86. The summed E-state index contributed by atoms with van der Waals surface area (Å²) >= 11 is 0. The summed E-state index contributed by atoms with van der Waals surface area (Å²) in [6, 6.07) is 7.99. The van der Waals surface area contributed by atoms with Crippen molar-refractivity contribution < 1.29 is 0 Å². The number of aryl methyl sites for hydroxylation is 1. The summed E-state index contributed by atoms with van der Waals surface area (Å²) in [7, 11) is 2.12. The van der Waals surface area contributed by atoms with Gasteiger partial charge in [-0.05, 0) is 46.0 Å². The molecule has 0 unspecified atom stereocenters. The normalized spacial score (nSPS) is 18.0. The average molecular weight is 257 g/mol. The summed E-state index contributed by atoms with van der Waals surface area (Å²) in [5.74, 6) is 0. The van der Waals surface area contributed by atoms with E-state index >= 15 is 0 Å². The topological polar surface area (TPSA) is 38.1 Å². The molecule has 2 heterocycles. The summed E-state index contributed by atoms with van der Waals surface area (Å²) < 4.78 is 1.71. The number of piperidine rings is 1. The zero-order valence-corrected chi connectivity index (χ0v) is 11.5. The van der Waals surface area contributed by atoms with Crippen molar-refractivity contribution in [2.45, 2.75) is 25.8 Å². The summed E-state index contributed by atoms with van der Waals surface area (Å²) in [4.78, 5) is 14.8. The van der Waals surface area contributed by atoms with E-state index in [1.54, 1.807) is 4.68 Å². The molecule has 3 rings (SSSR count). The minimum absolute atomic E-state index is 0.0516. The van der Waals surface area contributed by atoms with Crippen molar-refractivity contribution in [1.82, 2.24) is 14.7 Å². The number of likely N-dealkylation sites (tertiary alicyclic amines) is 1. The third-order valence-corrected chi connectivity index (χ3v) is 4.05. The van der Waals surface area contributed by atoms with Crippen molar-refractivity contribution in [3.05, 3.63) is 40.3 Å². The molecule has 1 aliphatic rings. The Kier molecular flexibility index (Phi) is 3.11. The van der Waals surface area contributed by atoms with Crippen LogP contribution in [0.5, 0.6) is 0 Å². The molecule has 0 amide bonds. The number of hydrogen-bond donors (Lipinski definition) is 0. The Hall–Kier alpha value is -1.68. The van der Waals surface area contributed by atoms with Crippen LogP contribution >= 0.6 is 0 Å². The molecule has 0 spiro atoms. The van der Waals surface area contributed by atoms with Gasteiger partial charge in [0.15, 0.2) is 0 Å². The van der Waals surface area contributed by atoms with Crippen LogP contribution in [0.1, 0.15) is 24.6 Å². The van der Waals surface area contributed by atoms with Crippen LogP contribution in [0.2, 0.25) is 0 Å². The maximum Gasteiger partial charge on any atom is 0.274 e. The lowest BCUT2D eigenvalue weighted by atomic mass is 10.1. The lowest BCUT2D eigenvalue weighted by molar-refractivity contribution is 0.208. The highest BCUT2D eigenvalue weighted by molar-refractivity contribution is 5.83.